The maximum absolute atomic E-state index is 13.9. The molecule has 3 aliphatic rings. The topological polar surface area (TPSA) is 175 Å². The number of rotatable bonds is 10. The monoisotopic (exact) mass is 748 g/mol. The van der Waals surface area contributed by atoms with Crippen molar-refractivity contribution < 1.29 is 28.7 Å². The molecule has 2 aliphatic heterocycles. The third-order valence-electron chi connectivity index (χ3n) is 11.0. The number of nitrogens with zero attached hydrogens (tertiary/aromatic N) is 4. The number of carbonyl (C=O) groups is 4. The standard InChI is InChI=1S/C41H48N8O6/c1-25(2)34(46-39(52)54-3)37(50)48-21-7-9-32(48)35-42-23-30(44-35)28-15-11-26(12-16-28)27-13-17-29(18-14-27)31-24-43-36(45-31)33-10-8-22-49(33)38(51)41(19-5-6-20-41)47-40(53)55-4/h7,9,11-18,23-25,32-34H,5-6,8,10,19-22H2,1-4H3,(H,42,44)(H,43,45)(H,46,52)(H,47,53)/t32?,33-,34-/m0/s1. The average molecular weight is 749 g/mol. The van der Waals surface area contributed by atoms with E-state index < -0.39 is 23.8 Å². The molecule has 0 bridgehead atoms. The number of methoxy groups -OCH3 is 2. The number of ether oxygens (including phenoxy) is 2. The molecule has 288 valence electrons. The number of hydrogen-bond acceptors (Lipinski definition) is 8. The van der Waals surface area contributed by atoms with Crippen LogP contribution in [0.3, 0.4) is 0 Å². The zero-order valence-electron chi connectivity index (χ0n) is 31.6. The van der Waals surface area contributed by atoms with Crippen LogP contribution in [0.25, 0.3) is 33.6 Å². The van der Waals surface area contributed by atoms with E-state index >= 15 is 0 Å². The van der Waals surface area contributed by atoms with Gasteiger partial charge in [0.05, 0.1) is 37.8 Å². The van der Waals surface area contributed by atoms with Crippen LogP contribution in [0, 0.1) is 5.92 Å². The van der Waals surface area contributed by atoms with Gasteiger partial charge in [0.25, 0.3) is 0 Å². The summed E-state index contributed by atoms with van der Waals surface area (Å²) in [4.78, 5) is 71.3. The maximum Gasteiger partial charge on any atom is 0.407 e. The molecule has 4 heterocycles. The average Bonchev–Trinajstić information content (AvgIpc) is 4.06. The van der Waals surface area contributed by atoms with Gasteiger partial charge in [-0.05, 0) is 48.3 Å². The van der Waals surface area contributed by atoms with Crippen molar-refractivity contribution in [3.8, 4) is 33.6 Å². The highest BCUT2D eigenvalue weighted by Crippen LogP contribution is 2.39. The van der Waals surface area contributed by atoms with E-state index in [1.165, 1.54) is 14.2 Å². The number of amides is 4. The van der Waals surface area contributed by atoms with Crippen LogP contribution >= 0.6 is 0 Å². The largest absolute Gasteiger partial charge is 0.453 e. The summed E-state index contributed by atoms with van der Waals surface area (Å²) in [5, 5.41) is 5.53. The number of imidazole rings is 2. The van der Waals surface area contributed by atoms with Gasteiger partial charge in [0, 0.05) is 24.8 Å². The zero-order valence-corrected chi connectivity index (χ0v) is 31.6. The number of nitrogens with one attached hydrogen (secondary N) is 4. The highest BCUT2D eigenvalue weighted by atomic mass is 16.5. The fraction of sp³-hybridized carbons (Fsp3) is 0.415. The fourth-order valence-corrected chi connectivity index (χ4v) is 8.02. The first-order chi connectivity index (χ1) is 26.6. The van der Waals surface area contributed by atoms with Gasteiger partial charge in [-0.15, -0.1) is 0 Å². The minimum atomic E-state index is -0.929. The van der Waals surface area contributed by atoms with E-state index in [-0.39, 0.29) is 29.8 Å². The van der Waals surface area contributed by atoms with Crippen LogP contribution in [0.2, 0.25) is 0 Å². The number of alkyl carbamates (subject to hydrolysis) is 2. The SMILES string of the molecule is COC(=O)N[C@H](C(=O)N1CC=CC1c1ncc(-c2ccc(-c3ccc(-c4c[nH]c([C@@H]5CCCN5C(=O)C5(NC(=O)OC)CCCC5)n4)cc3)cc2)[nH]1)C(C)C. The zero-order chi connectivity index (χ0) is 38.7. The molecule has 1 saturated heterocycles. The van der Waals surface area contributed by atoms with Gasteiger partial charge in [0.15, 0.2) is 0 Å². The van der Waals surface area contributed by atoms with E-state index in [9.17, 15) is 19.2 Å². The number of aromatic amines is 2. The van der Waals surface area contributed by atoms with Gasteiger partial charge in [-0.2, -0.15) is 0 Å². The van der Waals surface area contributed by atoms with Crippen LogP contribution < -0.4 is 10.6 Å². The summed E-state index contributed by atoms with van der Waals surface area (Å²) in [5.41, 5.74) is 4.70. The van der Waals surface area contributed by atoms with Gasteiger partial charge >= 0.3 is 12.2 Å². The second-order valence-corrected chi connectivity index (χ2v) is 14.8. The lowest BCUT2D eigenvalue weighted by Gasteiger charge is -2.35. The molecule has 4 aromatic rings. The maximum atomic E-state index is 13.9. The minimum absolute atomic E-state index is 0.0603. The van der Waals surface area contributed by atoms with Crippen LogP contribution in [-0.2, 0) is 19.1 Å². The Hall–Kier alpha value is -5.92. The van der Waals surface area contributed by atoms with Crippen LogP contribution in [0.4, 0.5) is 9.59 Å². The number of aromatic nitrogens is 4. The second-order valence-electron chi connectivity index (χ2n) is 14.8. The van der Waals surface area contributed by atoms with Crippen molar-refractivity contribution in [3.63, 3.8) is 0 Å². The Morgan fingerprint density at radius 1 is 0.855 bits per heavy atom. The van der Waals surface area contributed by atoms with E-state index in [2.05, 4.69) is 49.9 Å². The molecular formula is C41H48N8O6. The molecule has 0 spiro atoms. The molecule has 1 aliphatic carbocycles. The van der Waals surface area contributed by atoms with Crippen molar-refractivity contribution >= 4 is 24.0 Å². The Morgan fingerprint density at radius 2 is 1.51 bits per heavy atom. The van der Waals surface area contributed by atoms with Gasteiger partial charge in [0.1, 0.15) is 29.3 Å². The lowest BCUT2D eigenvalue weighted by atomic mass is 9.95. The van der Waals surface area contributed by atoms with E-state index in [0.717, 1.165) is 65.1 Å². The Bertz CT molecular complexity index is 2050. The summed E-state index contributed by atoms with van der Waals surface area (Å²) in [5.74, 6) is 0.988. The van der Waals surface area contributed by atoms with Gasteiger partial charge in [-0.1, -0.05) is 87.4 Å². The third kappa shape index (κ3) is 7.58. The number of H-pyrrole nitrogens is 2. The third-order valence-corrected chi connectivity index (χ3v) is 11.0. The molecule has 0 radical (unpaired) electrons. The van der Waals surface area contributed by atoms with Gasteiger partial charge < -0.3 is 39.9 Å². The molecule has 2 fully saturated rings. The van der Waals surface area contributed by atoms with E-state index in [1.807, 2.05) is 61.4 Å². The second kappa shape index (κ2) is 15.8. The first-order valence-corrected chi connectivity index (χ1v) is 18.9. The van der Waals surface area contributed by atoms with Gasteiger partial charge in [-0.25, -0.2) is 19.6 Å². The number of benzene rings is 2. The first-order valence-electron chi connectivity index (χ1n) is 18.9. The van der Waals surface area contributed by atoms with E-state index in [4.69, 9.17) is 14.5 Å². The summed E-state index contributed by atoms with van der Waals surface area (Å²) in [7, 11) is 2.60. The summed E-state index contributed by atoms with van der Waals surface area (Å²) >= 11 is 0. The summed E-state index contributed by atoms with van der Waals surface area (Å²) < 4.78 is 9.59. The molecule has 14 heteroatoms. The number of carbonyl (C=O) groups excluding carboxylic acids is 4. The van der Waals surface area contributed by atoms with Crippen LogP contribution in [0.15, 0.2) is 73.1 Å². The highest BCUT2D eigenvalue weighted by Gasteiger charge is 2.48. The van der Waals surface area contributed by atoms with Crippen molar-refractivity contribution in [2.75, 3.05) is 27.3 Å². The minimum Gasteiger partial charge on any atom is -0.453 e. The lowest BCUT2D eigenvalue weighted by molar-refractivity contribution is -0.139. The van der Waals surface area contributed by atoms with Crippen molar-refractivity contribution in [1.82, 2.24) is 40.4 Å². The van der Waals surface area contributed by atoms with Crippen molar-refractivity contribution in [2.45, 2.75) is 76.0 Å². The molecule has 4 N–H and O–H groups in total. The van der Waals surface area contributed by atoms with E-state index in [1.54, 1.807) is 11.1 Å². The molecule has 14 nitrogen and oxygen atoms in total. The number of hydrogen-bond donors (Lipinski definition) is 4. The summed E-state index contributed by atoms with van der Waals surface area (Å²) in [6.07, 6.45) is 10.9. The molecule has 4 amide bonds. The smallest absolute Gasteiger partial charge is 0.407 e. The van der Waals surface area contributed by atoms with Crippen molar-refractivity contribution in [1.29, 1.82) is 0 Å². The molecule has 7 rings (SSSR count). The fourth-order valence-electron chi connectivity index (χ4n) is 8.02. The van der Waals surface area contributed by atoms with E-state index in [0.29, 0.717) is 31.8 Å². The predicted octanol–water partition coefficient (Wildman–Crippen LogP) is 6.29. The molecule has 3 atom stereocenters. The Kier molecular flexibility index (Phi) is 10.8. The lowest BCUT2D eigenvalue weighted by Crippen LogP contribution is -2.58. The molecular weight excluding hydrogens is 701 g/mol. The summed E-state index contributed by atoms with van der Waals surface area (Å²) in [6, 6.07) is 15.1. The highest BCUT2D eigenvalue weighted by molar-refractivity contribution is 5.91. The van der Waals surface area contributed by atoms with Crippen LogP contribution in [0.5, 0.6) is 0 Å². The molecule has 55 heavy (non-hydrogen) atoms. The predicted molar refractivity (Wildman–Crippen MR) is 205 cm³/mol. The van der Waals surface area contributed by atoms with Gasteiger partial charge in [0.2, 0.25) is 11.8 Å². The van der Waals surface area contributed by atoms with Crippen molar-refractivity contribution in [2.24, 2.45) is 5.92 Å². The number of likely N-dealkylation sites (tertiary alicyclic amines) is 1. The van der Waals surface area contributed by atoms with Crippen LogP contribution in [-0.4, -0.2) is 92.6 Å². The normalized spacial score (nSPS) is 19.4. The van der Waals surface area contributed by atoms with Gasteiger partial charge in [-0.3, -0.25) is 9.59 Å². The Labute approximate surface area is 320 Å². The molecule has 2 aromatic heterocycles. The van der Waals surface area contributed by atoms with Crippen LogP contribution in [0.1, 0.15) is 76.1 Å². The molecule has 2 aromatic carbocycles. The summed E-state index contributed by atoms with van der Waals surface area (Å²) in [6.45, 7) is 4.79. The quantitative estimate of drug-likeness (QED) is 0.137. The Balaban J connectivity index is 1.00. The Morgan fingerprint density at radius 3 is 2.16 bits per heavy atom. The van der Waals surface area contributed by atoms with Crippen molar-refractivity contribution in [3.05, 3.63) is 84.7 Å². The molecule has 1 unspecified atom stereocenters. The first kappa shape index (κ1) is 37.4. The molecule has 1 saturated carbocycles.